The maximum atomic E-state index is 12.3. The van der Waals surface area contributed by atoms with Crippen molar-refractivity contribution in [1.29, 1.82) is 0 Å². The number of aryl methyl sites for hydroxylation is 1. The van der Waals surface area contributed by atoms with Crippen molar-refractivity contribution >= 4 is 22.9 Å². The molecular formula is C14H14N2OS. The molecule has 0 fully saturated rings. The van der Waals surface area contributed by atoms with E-state index < -0.39 is 0 Å². The Hall–Kier alpha value is -1.81. The normalized spacial score (nSPS) is 13.7. The molecule has 0 aliphatic carbocycles. The van der Waals surface area contributed by atoms with Crippen molar-refractivity contribution in [2.45, 2.75) is 20.0 Å². The highest BCUT2D eigenvalue weighted by Gasteiger charge is 2.24. The molecular weight excluding hydrogens is 244 g/mol. The molecule has 1 aromatic carbocycles. The molecule has 3 nitrogen and oxygen atoms in total. The van der Waals surface area contributed by atoms with Crippen LogP contribution in [0.3, 0.4) is 0 Å². The number of hydrogen-bond acceptors (Lipinski definition) is 3. The number of rotatable bonds is 1. The van der Waals surface area contributed by atoms with Crippen LogP contribution in [0.1, 0.15) is 25.7 Å². The van der Waals surface area contributed by atoms with Gasteiger partial charge >= 0.3 is 0 Å². The second-order valence-corrected chi connectivity index (χ2v) is 5.89. The van der Waals surface area contributed by atoms with Crippen LogP contribution < -0.4 is 5.73 Å². The fourth-order valence-electron chi connectivity index (χ4n) is 2.26. The van der Waals surface area contributed by atoms with Gasteiger partial charge in [-0.15, -0.1) is 11.3 Å². The first-order chi connectivity index (χ1) is 8.63. The number of carbonyl (C=O) groups excluding carboxylic acids is 1. The average molecular weight is 258 g/mol. The quantitative estimate of drug-likeness (QED) is 0.799. The summed E-state index contributed by atoms with van der Waals surface area (Å²) in [5.41, 5.74) is 8.89. The molecule has 3 rings (SSSR count). The van der Waals surface area contributed by atoms with Crippen LogP contribution in [0.15, 0.2) is 30.3 Å². The SMILES string of the molecule is Cc1ccc(C(=O)N2Cc3ccc(N)cc3C2)s1. The number of amides is 1. The van der Waals surface area contributed by atoms with Crippen molar-refractivity contribution in [3.05, 3.63) is 51.2 Å². The number of carbonyl (C=O) groups is 1. The number of thiophene rings is 1. The summed E-state index contributed by atoms with van der Waals surface area (Å²) in [7, 11) is 0. The summed E-state index contributed by atoms with van der Waals surface area (Å²) in [5, 5.41) is 0. The van der Waals surface area contributed by atoms with Crippen molar-refractivity contribution in [3.63, 3.8) is 0 Å². The number of fused-ring (bicyclic) bond motifs is 1. The summed E-state index contributed by atoms with van der Waals surface area (Å²) in [5.74, 6) is 0.114. The Morgan fingerprint density at radius 2 is 2.00 bits per heavy atom. The van der Waals surface area contributed by atoms with Crippen LogP contribution in [0.25, 0.3) is 0 Å². The van der Waals surface area contributed by atoms with E-state index in [4.69, 9.17) is 5.73 Å². The predicted molar refractivity (Wildman–Crippen MR) is 73.5 cm³/mol. The number of nitrogens with zero attached hydrogens (tertiary/aromatic N) is 1. The van der Waals surface area contributed by atoms with Crippen LogP contribution in [0.4, 0.5) is 5.69 Å². The fraction of sp³-hybridized carbons (Fsp3) is 0.214. The molecule has 1 aliphatic heterocycles. The van der Waals surface area contributed by atoms with Gasteiger partial charge in [-0.3, -0.25) is 4.79 Å². The molecule has 0 saturated heterocycles. The maximum Gasteiger partial charge on any atom is 0.264 e. The van der Waals surface area contributed by atoms with E-state index in [0.29, 0.717) is 13.1 Å². The van der Waals surface area contributed by atoms with Gasteiger partial charge in [0.1, 0.15) is 0 Å². The summed E-state index contributed by atoms with van der Waals surface area (Å²) < 4.78 is 0. The average Bonchev–Trinajstić information content (AvgIpc) is 2.93. The third-order valence-corrected chi connectivity index (χ3v) is 4.18. The molecule has 0 unspecified atom stereocenters. The molecule has 1 amide bonds. The summed E-state index contributed by atoms with van der Waals surface area (Å²) in [4.78, 5) is 16.2. The zero-order valence-corrected chi connectivity index (χ0v) is 11.0. The van der Waals surface area contributed by atoms with Crippen molar-refractivity contribution in [3.8, 4) is 0 Å². The van der Waals surface area contributed by atoms with Gasteiger partial charge in [-0.1, -0.05) is 6.07 Å². The molecule has 18 heavy (non-hydrogen) atoms. The smallest absolute Gasteiger partial charge is 0.264 e. The van der Waals surface area contributed by atoms with Gasteiger partial charge in [0.15, 0.2) is 0 Å². The fourth-order valence-corrected chi connectivity index (χ4v) is 3.10. The largest absolute Gasteiger partial charge is 0.399 e. The van der Waals surface area contributed by atoms with E-state index in [1.807, 2.05) is 42.2 Å². The molecule has 92 valence electrons. The summed E-state index contributed by atoms with van der Waals surface area (Å²) in [6.07, 6.45) is 0. The minimum atomic E-state index is 0.114. The Morgan fingerprint density at radius 1 is 1.22 bits per heavy atom. The van der Waals surface area contributed by atoms with E-state index in [1.165, 1.54) is 10.4 Å². The lowest BCUT2D eigenvalue weighted by Gasteiger charge is -2.13. The Labute approximate surface area is 110 Å². The van der Waals surface area contributed by atoms with E-state index in [9.17, 15) is 4.79 Å². The molecule has 2 heterocycles. The molecule has 1 aromatic heterocycles. The van der Waals surface area contributed by atoms with E-state index in [-0.39, 0.29) is 5.91 Å². The zero-order chi connectivity index (χ0) is 12.7. The van der Waals surface area contributed by atoms with Crippen LogP contribution in [0.2, 0.25) is 0 Å². The zero-order valence-electron chi connectivity index (χ0n) is 10.1. The minimum Gasteiger partial charge on any atom is -0.399 e. The highest BCUT2D eigenvalue weighted by atomic mass is 32.1. The summed E-state index contributed by atoms with van der Waals surface area (Å²) in [6.45, 7) is 3.36. The van der Waals surface area contributed by atoms with Crippen molar-refractivity contribution in [2.75, 3.05) is 5.73 Å². The minimum absolute atomic E-state index is 0.114. The third kappa shape index (κ3) is 1.88. The lowest BCUT2D eigenvalue weighted by atomic mass is 10.1. The number of nitrogen functional groups attached to an aromatic ring is 1. The molecule has 0 bridgehead atoms. The standard InChI is InChI=1S/C14H14N2OS/c1-9-2-5-13(18-9)14(17)16-7-10-3-4-12(15)6-11(10)8-16/h2-6H,7-8,15H2,1H3. The van der Waals surface area contributed by atoms with Crippen LogP contribution >= 0.6 is 11.3 Å². The van der Waals surface area contributed by atoms with E-state index >= 15 is 0 Å². The highest BCUT2D eigenvalue weighted by Crippen LogP contribution is 2.27. The Bertz CT molecular complexity index is 618. The van der Waals surface area contributed by atoms with Gasteiger partial charge in [0, 0.05) is 23.7 Å². The molecule has 0 atom stereocenters. The first-order valence-corrected chi connectivity index (χ1v) is 6.68. The number of nitrogens with two attached hydrogens (primary N) is 1. The van der Waals surface area contributed by atoms with Crippen molar-refractivity contribution in [2.24, 2.45) is 0 Å². The second kappa shape index (κ2) is 4.14. The predicted octanol–water partition coefficient (Wildman–Crippen LogP) is 2.79. The van der Waals surface area contributed by atoms with Crippen molar-refractivity contribution in [1.82, 2.24) is 4.90 Å². The molecule has 4 heteroatoms. The van der Waals surface area contributed by atoms with Gasteiger partial charge in [-0.2, -0.15) is 0 Å². The highest BCUT2D eigenvalue weighted by molar-refractivity contribution is 7.13. The van der Waals surface area contributed by atoms with Crippen molar-refractivity contribution < 1.29 is 4.79 Å². The maximum absolute atomic E-state index is 12.3. The topological polar surface area (TPSA) is 46.3 Å². The van der Waals surface area contributed by atoms with Crippen LogP contribution in [0.5, 0.6) is 0 Å². The van der Waals surface area contributed by atoms with Gasteiger partial charge in [0.25, 0.3) is 5.91 Å². The lowest BCUT2D eigenvalue weighted by molar-refractivity contribution is 0.0756. The monoisotopic (exact) mass is 258 g/mol. The van der Waals surface area contributed by atoms with Gasteiger partial charge in [-0.05, 0) is 42.3 Å². The molecule has 2 N–H and O–H groups in total. The molecule has 1 aliphatic rings. The summed E-state index contributed by atoms with van der Waals surface area (Å²) >= 11 is 1.55. The van der Waals surface area contributed by atoms with E-state index in [0.717, 1.165) is 16.1 Å². The second-order valence-electron chi connectivity index (χ2n) is 4.60. The Balaban J connectivity index is 1.83. The molecule has 0 saturated carbocycles. The summed E-state index contributed by atoms with van der Waals surface area (Å²) in [6, 6.07) is 9.75. The Kier molecular flexibility index (Phi) is 2.59. The first kappa shape index (κ1) is 11.3. The van der Waals surface area contributed by atoms with Gasteiger partial charge in [0.2, 0.25) is 0 Å². The number of hydrogen-bond donors (Lipinski definition) is 1. The van der Waals surface area contributed by atoms with E-state index in [1.54, 1.807) is 11.3 Å². The van der Waals surface area contributed by atoms with Crippen LogP contribution in [-0.4, -0.2) is 10.8 Å². The van der Waals surface area contributed by atoms with Gasteiger partial charge in [0.05, 0.1) is 4.88 Å². The number of anilines is 1. The van der Waals surface area contributed by atoms with Crippen LogP contribution in [0, 0.1) is 6.92 Å². The Morgan fingerprint density at radius 3 is 2.72 bits per heavy atom. The van der Waals surface area contributed by atoms with Crippen LogP contribution in [-0.2, 0) is 13.1 Å². The molecule has 0 spiro atoms. The van der Waals surface area contributed by atoms with Gasteiger partial charge in [-0.25, -0.2) is 0 Å². The number of benzene rings is 1. The third-order valence-electron chi connectivity index (χ3n) is 3.19. The lowest BCUT2D eigenvalue weighted by Crippen LogP contribution is -2.24. The first-order valence-electron chi connectivity index (χ1n) is 5.86. The van der Waals surface area contributed by atoms with Gasteiger partial charge < -0.3 is 10.6 Å². The molecule has 2 aromatic rings. The molecule has 0 radical (unpaired) electrons. The van der Waals surface area contributed by atoms with E-state index in [2.05, 4.69) is 0 Å².